The van der Waals surface area contributed by atoms with Crippen molar-refractivity contribution in [3.8, 4) is 5.88 Å². The van der Waals surface area contributed by atoms with E-state index < -0.39 is 0 Å². The summed E-state index contributed by atoms with van der Waals surface area (Å²) in [5.41, 5.74) is 9.86. The summed E-state index contributed by atoms with van der Waals surface area (Å²) in [5.74, 6) is 1.19. The quantitative estimate of drug-likeness (QED) is 0.881. The van der Waals surface area contributed by atoms with Gasteiger partial charge in [-0.15, -0.1) is 0 Å². The summed E-state index contributed by atoms with van der Waals surface area (Å²) < 4.78 is 5.38. The number of anilines is 3. The maximum atomic E-state index is 5.80. The molecular weight excluding hydrogens is 238 g/mol. The van der Waals surface area contributed by atoms with Crippen LogP contribution in [0.5, 0.6) is 5.88 Å². The molecule has 0 amide bonds. The topological polar surface area (TPSA) is 60.2 Å². The average Bonchev–Trinajstić information content (AvgIpc) is 2.38. The van der Waals surface area contributed by atoms with Crippen molar-refractivity contribution in [2.45, 2.75) is 20.8 Å². The molecule has 0 fully saturated rings. The molecule has 3 N–H and O–H groups in total. The van der Waals surface area contributed by atoms with E-state index in [4.69, 9.17) is 10.5 Å². The second kappa shape index (κ2) is 5.61. The van der Waals surface area contributed by atoms with Gasteiger partial charge in [0.15, 0.2) is 0 Å². The van der Waals surface area contributed by atoms with Gasteiger partial charge in [0.2, 0.25) is 5.88 Å². The minimum Gasteiger partial charge on any atom is -0.476 e. The van der Waals surface area contributed by atoms with E-state index >= 15 is 0 Å². The number of pyridine rings is 1. The second-order valence-electron chi connectivity index (χ2n) is 4.45. The molecule has 0 saturated heterocycles. The summed E-state index contributed by atoms with van der Waals surface area (Å²) >= 11 is 0. The number of nitrogen functional groups attached to an aromatic ring is 1. The van der Waals surface area contributed by atoms with Crippen LogP contribution < -0.4 is 15.8 Å². The van der Waals surface area contributed by atoms with Crippen LogP contribution >= 0.6 is 0 Å². The summed E-state index contributed by atoms with van der Waals surface area (Å²) in [7, 11) is 0. The number of ether oxygens (including phenoxy) is 1. The molecule has 2 aromatic rings. The average molecular weight is 257 g/mol. The lowest BCUT2D eigenvalue weighted by molar-refractivity contribution is 0.329. The molecular formula is C15H19N3O. The van der Waals surface area contributed by atoms with Gasteiger partial charge in [-0.3, -0.25) is 0 Å². The van der Waals surface area contributed by atoms with Crippen LogP contribution in [0.25, 0.3) is 0 Å². The van der Waals surface area contributed by atoms with Crippen molar-refractivity contribution in [2.24, 2.45) is 0 Å². The third-order valence-electron chi connectivity index (χ3n) is 2.95. The molecule has 4 nitrogen and oxygen atoms in total. The van der Waals surface area contributed by atoms with Gasteiger partial charge in [0, 0.05) is 5.69 Å². The van der Waals surface area contributed by atoms with Crippen LogP contribution in [-0.2, 0) is 0 Å². The Bertz CT molecular complexity index is 582. The van der Waals surface area contributed by atoms with Gasteiger partial charge < -0.3 is 15.8 Å². The van der Waals surface area contributed by atoms with Crippen molar-refractivity contribution in [1.82, 2.24) is 4.98 Å². The number of aryl methyl sites for hydroxylation is 2. The fourth-order valence-corrected chi connectivity index (χ4v) is 1.74. The van der Waals surface area contributed by atoms with E-state index in [2.05, 4.69) is 36.3 Å². The maximum absolute atomic E-state index is 5.80. The van der Waals surface area contributed by atoms with Crippen molar-refractivity contribution in [1.29, 1.82) is 0 Å². The van der Waals surface area contributed by atoms with E-state index in [-0.39, 0.29) is 0 Å². The van der Waals surface area contributed by atoms with Crippen LogP contribution in [0.1, 0.15) is 18.1 Å². The number of rotatable bonds is 4. The lowest BCUT2D eigenvalue weighted by Crippen LogP contribution is -2.02. The van der Waals surface area contributed by atoms with E-state index in [1.54, 1.807) is 6.07 Å². The minimum atomic E-state index is 0.469. The second-order valence-corrected chi connectivity index (χ2v) is 4.45. The summed E-state index contributed by atoms with van der Waals surface area (Å²) in [6.45, 7) is 6.63. The van der Waals surface area contributed by atoms with Crippen molar-refractivity contribution in [2.75, 3.05) is 17.7 Å². The number of hydrogen-bond donors (Lipinski definition) is 2. The fourth-order valence-electron chi connectivity index (χ4n) is 1.74. The normalized spacial score (nSPS) is 10.3. The van der Waals surface area contributed by atoms with Crippen LogP contribution in [0.15, 0.2) is 30.3 Å². The van der Waals surface area contributed by atoms with Crippen LogP contribution in [0, 0.1) is 13.8 Å². The summed E-state index contributed by atoms with van der Waals surface area (Å²) in [6.07, 6.45) is 0. The van der Waals surface area contributed by atoms with Gasteiger partial charge >= 0.3 is 0 Å². The number of nitrogens with one attached hydrogen (secondary N) is 1. The molecule has 0 aliphatic carbocycles. The molecule has 0 bridgehead atoms. The van der Waals surface area contributed by atoms with Crippen LogP contribution in [0.2, 0.25) is 0 Å². The molecule has 0 atom stereocenters. The Morgan fingerprint density at radius 3 is 2.63 bits per heavy atom. The first-order valence-corrected chi connectivity index (χ1v) is 6.33. The van der Waals surface area contributed by atoms with Gasteiger partial charge in [0.25, 0.3) is 0 Å². The van der Waals surface area contributed by atoms with Gasteiger partial charge in [-0.05, 0) is 56.2 Å². The van der Waals surface area contributed by atoms with Crippen LogP contribution in [0.3, 0.4) is 0 Å². The van der Waals surface area contributed by atoms with Gasteiger partial charge in [-0.1, -0.05) is 6.07 Å². The maximum Gasteiger partial charge on any atom is 0.239 e. The Labute approximate surface area is 113 Å². The van der Waals surface area contributed by atoms with Crippen molar-refractivity contribution < 1.29 is 4.74 Å². The smallest absolute Gasteiger partial charge is 0.239 e. The van der Waals surface area contributed by atoms with E-state index in [9.17, 15) is 0 Å². The Morgan fingerprint density at radius 2 is 1.95 bits per heavy atom. The standard InChI is InChI=1S/C15H19N3O/c1-4-19-15-13(16)7-8-14(18-15)17-12-6-5-10(2)11(3)9-12/h5-9H,4,16H2,1-3H3,(H,17,18). The van der Waals surface area contributed by atoms with Crippen molar-refractivity contribution in [3.63, 3.8) is 0 Å². The molecule has 0 aliphatic heterocycles. The first kappa shape index (κ1) is 13.2. The molecule has 0 saturated carbocycles. The Morgan fingerprint density at radius 1 is 1.16 bits per heavy atom. The zero-order valence-electron chi connectivity index (χ0n) is 11.5. The molecule has 0 radical (unpaired) electrons. The largest absolute Gasteiger partial charge is 0.476 e. The van der Waals surface area contributed by atoms with Crippen LogP contribution in [0.4, 0.5) is 17.2 Å². The predicted molar refractivity (Wildman–Crippen MR) is 79.0 cm³/mol. The number of aromatic nitrogens is 1. The van der Waals surface area contributed by atoms with Crippen LogP contribution in [-0.4, -0.2) is 11.6 Å². The van der Waals surface area contributed by atoms with Gasteiger partial charge in [0.1, 0.15) is 5.82 Å². The Kier molecular flexibility index (Phi) is 3.90. The number of hydrogen-bond acceptors (Lipinski definition) is 4. The molecule has 0 spiro atoms. The monoisotopic (exact) mass is 257 g/mol. The van der Waals surface area contributed by atoms with Crippen molar-refractivity contribution >= 4 is 17.2 Å². The molecule has 2 rings (SSSR count). The van der Waals surface area contributed by atoms with E-state index in [1.165, 1.54) is 11.1 Å². The van der Waals surface area contributed by atoms with Gasteiger partial charge in [-0.2, -0.15) is 4.98 Å². The zero-order valence-corrected chi connectivity index (χ0v) is 11.5. The molecule has 0 aliphatic rings. The van der Waals surface area contributed by atoms with Gasteiger partial charge in [-0.25, -0.2) is 0 Å². The number of nitrogens with zero attached hydrogens (tertiary/aromatic N) is 1. The fraction of sp³-hybridized carbons (Fsp3) is 0.267. The SMILES string of the molecule is CCOc1nc(Nc2ccc(C)c(C)c2)ccc1N. The molecule has 19 heavy (non-hydrogen) atoms. The summed E-state index contributed by atoms with van der Waals surface area (Å²) in [4.78, 5) is 4.35. The molecule has 1 aromatic heterocycles. The summed E-state index contributed by atoms with van der Waals surface area (Å²) in [5, 5.41) is 3.25. The Hall–Kier alpha value is -2.23. The highest BCUT2D eigenvalue weighted by atomic mass is 16.5. The summed E-state index contributed by atoms with van der Waals surface area (Å²) in [6, 6.07) is 9.83. The lowest BCUT2D eigenvalue weighted by atomic mass is 10.1. The van der Waals surface area contributed by atoms with Crippen molar-refractivity contribution in [3.05, 3.63) is 41.5 Å². The van der Waals surface area contributed by atoms with E-state index in [1.807, 2.05) is 19.1 Å². The van der Waals surface area contributed by atoms with E-state index in [0.717, 1.165) is 11.5 Å². The minimum absolute atomic E-state index is 0.469. The van der Waals surface area contributed by atoms with Gasteiger partial charge in [0.05, 0.1) is 12.3 Å². The third-order valence-corrected chi connectivity index (χ3v) is 2.95. The number of nitrogens with two attached hydrogens (primary N) is 1. The molecule has 0 unspecified atom stereocenters. The predicted octanol–water partition coefficient (Wildman–Crippen LogP) is 3.42. The molecule has 100 valence electrons. The zero-order chi connectivity index (χ0) is 13.8. The molecule has 1 heterocycles. The first-order chi connectivity index (χ1) is 9.10. The first-order valence-electron chi connectivity index (χ1n) is 6.33. The highest BCUT2D eigenvalue weighted by molar-refractivity contribution is 5.61. The molecule has 4 heteroatoms. The van der Waals surface area contributed by atoms with E-state index in [0.29, 0.717) is 18.2 Å². The lowest BCUT2D eigenvalue weighted by Gasteiger charge is -2.11. The molecule has 1 aromatic carbocycles. The Balaban J connectivity index is 2.22. The highest BCUT2D eigenvalue weighted by Gasteiger charge is 2.04. The third kappa shape index (κ3) is 3.16. The number of benzene rings is 1. The highest BCUT2D eigenvalue weighted by Crippen LogP contribution is 2.24.